The number of carbonyl (C=O) groups excluding carboxylic acids is 2. The minimum atomic E-state index is -4.44. The Bertz CT molecular complexity index is 961. The molecule has 0 fully saturated rings. The summed E-state index contributed by atoms with van der Waals surface area (Å²) in [5.74, 6) is -2.07. The largest absolute Gasteiger partial charge is 0.452 e. The van der Waals surface area contributed by atoms with Crippen LogP contribution in [0.4, 0.5) is 13.2 Å². The normalized spacial score (nSPS) is 11.6. The van der Waals surface area contributed by atoms with E-state index in [2.05, 4.69) is 4.98 Å². The third-order valence-corrected chi connectivity index (χ3v) is 4.13. The van der Waals surface area contributed by atoms with Gasteiger partial charge in [0, 0.05) is 0 Å². The van der Waals surface area contributed by atoms with Crippen molar-refractivity contribution in [3.63, 3.8) is 0 Å². The highest BCUT2D eigenvalue weighted by atomic mass is 32.1. The van der Waals surface area contributed by atoms with E-state index in [1.54, 1.807) is 0 Å². The molecule has 0 unspecified atom stereocenters. The molecule has 3 rings (SSSR count). The Morgan fingerprint density at radius 1 is 1.20 bits per heavy atom. The van der Waals surface area contributed by atoms with E-state index in [4.69, 9.17) is 14.9 Å². The van der Waals surface area contributed by atoms with Crippen molar-refractivity contribution in [2.45, 2.75) is 12.8 Å². The molecule has 2 N–H and O–H groups in total. The van der Waals surface area contributed by atoms with Crippen molar-refractivity contribution < 1.29 is 31.9 Å². The number of carbonyl (C=O) groups is 2. The Balaban J connectivity index is 1.72. The molecule has 130 valence electrons. The lowest BCUT2D eigenvalue weighted by Crippen LogP contribution is -2.09. The van der Waals surface area contributed by atoms with Gasteiger partial charge in [-0.25, -0.2) is 9.78 Å². The van der Waals surface area contributed by atoms with Gasteiger partial charge in [-0.05, 0) is 30.3 Å². The van der Waals surface area contributed by atoms with Crippen molar-refractivity contribution >= 4 is 33.4 Å². The Labute approximate surface area is 142 Å². The van der Waals surface area contributed by atoms with E-state index in [0.29, 0.717) is 15.2 Å². The molecule has 0 bridgehead atoms. The summed E-state index contributed by atoms with van der Waals surface area (Å²) in [5, 5.41) is 0.323. The van der Waals surface area contributed by atoms with Crippen LogP contribution in [0.15, 0.2) is 34.7 Å². The van der Waals surface area contributed by atoms with Crippen LogP contribution in [0.2, 0.25) is 0 Å². The van der Waals surface area contributed by atoms with Gasteiger partial charge in [0.05, 0.1) is 15.8 Å². The van der Waals surface area contributed by atoms with Gasteiger partial charge in [0.25, 0.3) is 5.91 Å². The summed E-state index contributed by atoms with van der Waals surface area (Å²) in [6.07, 6.45) is -4.44. The second-order valence-corrected chi connectivity index (χ2v) is 6.01. The average molecular weight is 370 g/mol. The monoisotopic (exact) mass is 370 g/mol. The summed E-state index contributed by atoms with van der Waals surface area (Å²) in [4.78, 5) is 26.8. The third kappa shape index (κ3) is 3.63. The first-order chi connectivity index (χ1) is 11.7. The summed E-state index contributed by atoms with van der Waals surface area (Å²) in [6.45, 7) is -0.244. The Hall–Kier alpha value is -2.88. The van der Waals surface area contributed by atoms with E-state index in [9.17, 15) is 22.8 Å². The molecule has 10 heteroatoms. The lowest BCUT2D eigenvalue weighted by molar-refractivity contribution is -0.137. The Morgan fingerprint density at radius 3 is 2.56 bits per heavy atom. The predicted octanol–water partition coefficient (Wildman–Crippen LogP) is 3.36. The standard InChI is InChI=1S/C15H9F3N2O4S/c16-15(17,18)7-1-2-8-11(5-7)25-12(20-8)6-23-14(22)10-4-3-9(24-10)13(19)21/h1-5H,6H2,(H2,19,21). The minimum Gasteiger partial charge on any atom is -0.452 e. The molecular formula is C15H9F3N2O4S. The molecule has 2 heterocycles. The molecule has 0 aliphatic heterocycles. The van der Waals surface area contributed by atoms with Gasteiger partial charge in [-0.15, -0.1) is 11.3 Å². The molecule has 25 heavy (non-hydrogen) atoms. The van der Waals surface area contributed by atoms with Gasteiger partial charge < -0.3 is 14.9 Å². The summed E-state index contributed by atoms with van der Waals surface area (Å²) >= 11 is 0.982. The summed E-state index contributed by atoms with van der Waals surface area (Å²) < 4.78 is 48.3. The molecule has 0 spiro atoms. The fourth-order valence-corrected chi connectivity index (χ4v) is 2.91. The molecular weight excluding hydrogens is 361 g/mol. The van der Waals surface area contributed by atoms with E-state index < -0.39 is 23.6 Å². The number of aromatic nitrogens is 1. The summed E-state index contributed by atoms with van der Waals surface area (Å²) in [5.41, 5.74) is 4.60. The Morgan fingerprint density at radius 2 is 1.92 bits per heavy atom. The number of hydrogen-bond acceptors (Lipinski definition) is 6. The van der Waals surface area contributed by atoms with E-state index in [1.165, 1.54) is 18.2 Å². The van der Waals surface area contributed by atoms with Gasteiger partial charge in [-0.2, -0.15) is 13.2 Å². The number of hydrogen-bond donors (Lipinski definition) is 1. The zero-order valence-corrected chi connectivity index (χ0v) is 13.1. The zero-order valence-electron chi connectivity index (χ0n) is 12.3. The van der Waals surface area contributed by atoms with Crippen molar-refractivity contribution in [2.75, 3.05) is 0 Å². The van der Waals surface area contributed by atoms with Crippen LogP contribution in [0.25, 0.3) is 10.2 Å². The molecule has 0 atom stereocenters. The first kappa shape index (κ1) is 17.0. The number of esters is 1. The van der Waals surface area contributed by atoms with E-state index in [1.807, 2.05) is 0 Å². The molecule has 0 radical (unpaired) electrons. The van der Waals surface area contributed by atoms with Gasteiger partial charge in [0.15, 0.2) is 5.76 Å². The molecule has 0 saturated carbocycles. The van der Waals surface area contributed by atoms with Crippen LogP contribution in [0, 0.1) is 0 Å². The maximum Gasteiger partial charge on any atom is 0.416 e. The second kappa shape index (κ2) is 6.20. The Kier molecular flexibility index (Phi) is 4.21. The lowest BCUT2D eigenvalue weighted by Gasteiger charge is -2.04. The topological polar surface area (TPSA) is 95.4 Å². The maximum absolute atomic E-state index is 12.7. The van der Waals surface area contributed by atoms with Gasteiger partial charge in [0.2, 0.25) is 5.76 Å². The van der Waals surface area contributed by atoms with Gasteiger partial charge in [-0.1, -0.05) is 0 Å². The summed E-state index contributed by atoms with van der Waals surface area (Å²) in [7, 11) is 0. The van der Waals surface area contributed by atoms with Crippen molar-refractivity contribution in [1.29, 1.82) is 0 Å². The molecule has 0 aliphatic rings. The highest BCUT2D eigenvalue weighted by molar-refractivity contribution is 7.18. The average Bonchev–Trinajstić information content (AvgIpc) is 3.17. The van der Waals surface area contributed by atoms with Gasteiger partial charge in [-0.3, -0.25) is 4.79 Å². The number of alkyl halides is 3. The first-order valence-corrected chi connectivity index (χ1v) is 7.59. The highest BCUT2D eigenvalue weighted by Gasteiger charge is 2.30. The number of nitrogens with two attached hydrogens (primary N) is 1. The van der Waals surface area contributed by atoms with Crippen LogP contribution in [-0.2, 0) is 17.5 Å². The molecule has 6 nitrogen and oxygen atoms in total. The minimum absolute atomic E-state index is 0.188. The van der Waals surface area contributed by atoms with Gasteiger partial charge in [0.1, 0.15) is 11.6 Å². The van der Waals surface area contributed by atoms with E-state index in [0.717, 1.165) is 23.5 Å². The van der Waals surface area contributed by atoms with Crippen LogP contribution in [0.3, 0.4) is 0 Å². The molecule has 0 saturated heterocycles. The van der Waals surface area contributed by atoms with E-state index in [-0.39, 0.29) is 18.1 Å². The van der Waals surface area contributed by atoms with Crippen molar-refractivity contribution in [1.82, 2.24) is 4.98 Å². The van der Waals surface area contributed by atoms with Crippen LogP contribution in [0.1, 0.15) is 31.7 Å². The zero-order chi connectivity index (χ0) is 18.2. The molecule has 2 aromatic heterocycles. The number of furan rings is 1. The lowest BCUT2D eigenvalue weighted by atomic mass is 10.2. The number of primary amides is 1. The van der Waals surface area contributed by atoms with Crippen LogP contribution in [-0.4, -0.2) is 16.9 Å². The number of halogens is 3. The molecule has 3 aromatic rings. The number of fused-ring (bicyclic) bond motifs is 1. The number of thiazole rings is 1. The van der Waals surface area contributed by atoms with Crippen molar-refractivity contribution in [2.24, 2.45) is 5.73 Å². The number of ether oxygens (including phenoxy) is 1. The van der Waals surface area contributed by atoms with Crippen molar-refractivity contribution in [3.8, 4) is 0 Å². The quantitative estimate of drug-likeness (QED) is 0.711. The van der Waals surface area contributed by atoms with Gasteiger partial charge >= 0.3 is 12.1 Å². The molecule has 0 aliphatic carbocycles. The number of nitrogens with zero attached hydrogens (tertiary/aromatic N) is 1. The SMILES string of the molecule is NC(=O)c1ccc(C(=O)OCc2nc3ccc(C(F)(F)F)cc3s2)o1. The molecule has 1 amide bonds. The fourth-order valence-electron chi connectivity index (χ4n) is 1.99. The number of amides is 1. The predicted molar refractivity (Wildman–Crippen MR) is 81.0 cm³/mol. The number of rotatable bonds is 4. The van der Waals surface area contributed by atoms with Crippen molar-refractivity contribution in [3.05, 3.63) is 52.4 Å². The highest BCUT2D eigenvalue weighted by Crippen LogP contribution is 2.33. The van der Waals surface area contributed by atoms with Crippen LogP contribution in [0.5, 0.6) is 0 Å². The molecule has 1 aromatic carbocycles. The maximum atomic E-state index is 12.7. The summed E-state index contributed by atoms with van der Waals surface area (Å²) in [6, 6.07) is 5.65. The second-order valence-electron chi connectivity index (χ2n) is 4.89. The smallest absolute Gasteiger partial charge is 0.416 e. The van der Waals surface area contributed by atoms with E-state index >= 15 is 0 Å². The number of benzene rings is 1. The van der Waals surface area contributed by atoms with Crippen LogP contribution >= 0.6 is 11.3 Å². The van der Waals surface area contributed by atoms with Crippen LogP contribution < -0.4 is 5.73 Å². The fraction of sp³-hybridized carbons (Fsp3) is 0.133. The third-order valence-electron chi connectivity index (χ3n) is 3.14. The first-order valence-electron chi connectivity index (χ1n) is 6.77.